The minimum absolute atomic E-state index is 0.154. The predicted molar refractivity (Wildman–Crippen MR) is 55.1 cm³/mol. The molecule has 0 heterocycles. The van der Waals surface area contributed by atoms with Gasteiger partial charge in [-0.1, -0.05) is 19.6 Å². The molecule has 21 heavy (non-hydrogen) atoms. The van der Waals surface area contributed by atoms with Crippen molar-refractivity contribution >= 4 is 8.07 Å². The van der Waals surface area contributed by atoms with Gasteiger partial charge in [0, 0.05) is 7.11 Å². The van der Waals surface area contributed by atoms with Crippen LogP contribution < -0.4 is 0 Å². The van der Waals surface area contributed by atoms with Gasteiger partial charge in [0.2, 0.25) is 0 Å². The molecule has 1 nitrogen and oxygen atoms in total. The summed E-state index contributed by atoms with van der Waals surface area (Å²) in [6, 6.07) is 0. The van der Waals surface area contributed by atoms with Crippen LogP contribution in [0.2, 0.25) is 19.6 Å². The van der Waals surface area contributed by atoms with E-state index in [-0.39, 0.29) is 7.11 Å². The van der Waals surface area contributed by atoms with Crippen molar-refractivity contribution in [1.82, 2.24) is 0 Å². The third-order valence-electron chi connectivity index (χ3n) is 2.75. The van der Waals surface area contributed by atoms with E-state index < -0.39 is 37.5 Å². The van der Waals surface area contributed by atoms with Gasteiger partial charge >= 0.3 is 23.9 Å². The smallest absolute Gasteiger partial charge is 0.319 e. The molecular weight excluding hydrogens is 342 g/mol. The Labute approximate surface area is 114 Å². The highest BCUT2D eigenvalue weighted by Gasteiger charge is 2.88. The molecule has 0 atom stereocenters. The fourth-order valence-corrected chi connectivity index (χ4v) is 2.28. The number of methoxy groups -OCH3 is 1. The molecule has 0 radical (unpaired) electrons. The lowest BCUT2D eigenvalue weighted by molar-refractivity contribution is -0.435. The molecule has 0 spiro atoms. The monoisotopic (exact) mass is 354 g/mol. The molecule has 128 valence electrons. The van der Waals surface area contributed by atoms with E-state index in [0.717, 1.165) is 0 Å². The zero-order valence-corrected chi connectivity index (χ0v) is 12.2. The quantitative estimate of drug-likeness (QED) is 0.499. The predicted octanol–water partition coefficient (Wildman–Crippen LogP) is 4.64. The zero-order chi connectivity index (χ0) is 17.7. The summed E-state index contributed by atoms with van der Waals surface area (Å²) >= 11 is 0. The molecule has 0 aliphatic rings. The lowest BCUT2D eigenvalue weighted by atomic mass is 10.0. The Balaban J connectivity index is 6.14. The molecule has 0 amide bonds. The first-order chi connectivity index (χ1) is 8.81. The van der Waals surface area contributed by atoms with Gasteiger partial charge < -0.3 is 4.74 Å². The highest BCUT2D eigenvalue weighted by Crippen LogP contribution is 2.58. The molecule has 0 fully saturated rings. The van der Waals surface area contributed by atoms with E-state index in [1.165, 1.54) is 0 Å². The number of alkyl halides is 10. The van der Waals surface area contributed by atoms with Crippen LogP contribution in [0, 0.1) is 0 Å². The van der Waals surface area contributed by atoms with Gasteiger partial charge in [-0.15, -0.1) is 0 Å². The van der Waals surface area contributed by atoms with E-state index in [9.17, 15) is 43.9 Å². The van der Waals surface area contributed by atoms with Gasteiger partial charge in [-0.05, 0) is 0 Å². The van der Waals surface area contributed by atoms with Crippen LogP contribution in [-0.4, -0.2) is 44.6 Å². The number of halogens is 10. The van der Waals surface area contributed by atoms with E-state index in [4.69, 9.17) is 0 Å². The topological polar surface area (TPSA) is 9.23 Å². The molecule has 0 saturated heterocycles. The van der Waals surface area contributed by atoms with E-state index in [1.807, 2.05) is 0 Å². The summed E-state index contributed by atoms with van der Waals surface area (Å²) in [6.45, 7) is 1.51. The van der Waals surface area contributed by atoms with Crippen molar-refractivity contribution in [3.05, 3.63) is 0 Å². The second-order valence-corrected chi connectivity index (χ2v) is 10.4. The van der Waals surface area contributed by atoms with Crippen LogP contribution >= 0.6 is 0 Å². The van der Waals surface area contributed by atoms with Gasteiger partial charge in [-0.25, -0.2) is 8.78 Å². The van der Waals surface area contributed by atoms with Gasteiger partial charge in [0.05, 0.1) is 0 Å². The van der Waals surface area contributed by atoms with Crippen molar-refractivity contribution in [2.24, 2.45) is 0 Å². The zero-order valence-electron chi connectivity index (χ0n) is 11.2. The standard InChI is InChI=1S/C9H12F10OSi/c1-20-8(16,17)6(12,13)5(10,11)7(14,15)9(18,19)21(2,3)4/h1-4H3. The fourth-order valence-electron chi connectivity index (χ4n) is 1.18. The van der Waals surface area contributed by atoms with Crippen LogP contribution in [-0.2, 0) is 4.74 Å². The SMILES string of the molecule is COC(F)(F)C(F)(F)C(F)(F)C(F)(F)C(F)(F)[Si](C)(C)C. The van der Waals surface area contributed by atoms with Gasteiger partial charge in [0.1, 0.15) is 8.07 Å². The molecule has 0 aliphatic carbocycles. The van der Waals surface area contributed by atoms with Gasteiger partial charge in [-0.2, -0.15) is 35.1 Å². The summed E-state index contributed by atoms with van der Waals surface area (Å²) in [5.41, 5.74) is -5.57. The summed E-state index contributed by atoms with van der Waals surface area (Å²) in [6.07, 6.45) is -6.06. The van der Waals surface area contributed by atoms with Crippen LogP contribution in [0.4, 0.5) is 43.9 Å². The Morgan fingerprint density at radius 2 is 0.952 bits per heavy atom. The number of hydrogen-bond donors (Lipinski definition) is 0. The van der Waals surface area contributed by atoms with E-state index >= 15 is 0 Å². The normalized spacial score (nSPS) is 16.3. The van der Waals surface area contributed by atoms with E-state index in [0.29, 0.717) is 19.6 Å². The van der Waals surface area contributed by atoms with Gasteiger partial charge in [-0.3, -0.25) is 0 Å². The van der Waals surface area contributed by atoms with Gasteiger partial charge in [0.15, 0.2) is 0 Å². The van der Waals surface area contributed by atoms with Crippen molar-refractivity contribution in [2.45, 2.75) is 49.1 Å². The van der Waals surface area contributed by atoms with Crippen molar-refractivity contribution < 1.29 is 48.6 Å². The maximum Gasteiger partial charge on any atom is 0.425 e. The number of hydrogen-bond acceptors (Lipinski definition) is 1. The van der Waals surface area contributed by atoms with Crippen molar-refractivity contribution in [1.29, 1.82) is 0 Å². The molecule has 0 bridgehead atoms. The molecular formula is C9H12F10OSi. The molecule has 0 N–H and O–H groups in total. The second kappa shape index (κ2) is 5.00. The molecule has 0 rings (SSSR count). The number of ether oxygens (including phenoxy) is 1. The van der Waals surface area contributed by atoms with Crippen LogP contribution in [0.3, 0.4) is 0 Å². The maximum atomic E-state index is 13.4. The fraction of sp³-hybridized carbons (Fsp3) is 1.00. The Morgan fingerprint density at radius 1 is 0.619 bits per heavy atom. The van der Waals surface area contributed by atoms with Crippen LogP contribution in [0.5, 0.6) is 0 Å². The Morgan fingerprint density at radius 3 is 1.19 bits per heavy atom. The molecule has 0 saturated carbocycles. The summed E-state index contributed by atoms with van der Waals surface area (Å²) < 4.78 is 134. The average molecular weight is 354 g/mol. The number of rotatable bonds is 6. The molecule has 0 aromatic rings. The average Bonchev–Trinajstić information content (AvgIpc) is 2.26. The maximum absolute atomic E-state index is 13.4. The lowest BCUT2D eigenvalue weighted by Crippen LogP contribution is -2.72. The van der Waals surface area contributed by atoms with Gasteiger partial charge in [0.25, 0.3) is 5.55 Å². The summed E-state index contributed by atoms with van der Waals surface area (Å²) in [4.78, 5) is 0. The minimum Gasteiger partial charge on any atom is -0.319 e. The van der Waals surface area contributed by atoms with Crippen LogP contribution in [0.1, 0.15) is 0 Å². The van der Waals surface area contributed by atoms with E-state index in [1.54, 1.807) is 0 Å². The highest BCUT2D eigenvalue weighted by atomic mass is 28.3. The van der Waals surface area contributed by atoms with Crippen molar-refractivity contribution in [3.8, 4) is 0 Å². The van der Waals surface area contributed by atoms with Crippen molar-refractivity contribution in [3.63, 3.8) is 0 Å². The van der Waals surface area contributed by atoms with Crippen LogP contribution in [0.15, 0.2) is 0 Å². The molecule has 0 unspecified atom stereocenters. The summed E-state index contributed by atoms with van der Waals surface area (Å²) in [5.74, 6) is -20.6. The molecule has 12 heteroatoms. The summed E-state index contributed by atoms with van der Waals surface area (Å²) in [5, 5.41) is 0. The lowest BCUT2D eigenvalue weighted by Gasteiger charge is -2.42. The summed E-state index contributed by atoms with van der Waals surface area (Å²) in [7, 11) is -4.61. The highest BCUT2D eigenvalue weighted by molar-refractivity contribution is 6.78. The minimum atomic E-state index is -7.04. The third-order valence-corrected chi connectivity index (χ3v) is 4.94. The first-order valence-corrected chi connectivity index (χ1v) is 8.75. The Kier molecular flexibility index (Phi) is 4.87. The first-order valence-electron chi connectivity index (χ1n) is 5.25. The van der Waals surface area contributed by atoms with E-state index in [2.05, 4.69) is 4.74 Å². The first kappa shape index (κ1) is 20.5. The molecule has 0 aliphatic heterocycles. The largest absolute Gasteiger partial charge is 0.425 e. The third kappa shape index (κ3) is 2.64. The molecule has 0 aromatic heterocycles. The Bertz CT molecular complexity index is 386. The van der Waals surface area contributed by atoms with Crippen molar-refractivity contribution in [2.75, 3.05) is 7.11 Å². The molecule has 0 aromatic carbocycles. The Hall–Kier alpha value is -0.523. The van der Waals surface area contributed by atoms with Crippen LogP contribution in [0.25, 0.3) is 0 Å². The second-order valence-electron chi connectivity index (χ2n) is 5.27.